The number of nitrogens with one attached hydrogen (secondary N) is 1. The first-order valence-electron chi connectivity index (χ1n) is 5.99. The van der Waals surface area contributed by atoms with Crippen LogP contribution in [0.25, 0.3) is 0 Å². The molecule has 0 bridgehead atoms. The number of nitrogens with zero attached hydrogens (tertiary/aromatic N) is 3. The fourth-order valence-electron chi connectivity index (χ4n) is 2.22. The molecule has 2 heterocycles. The van der Waals surface area contributed by atoms with Gasteiger partial charge in [0.1, 0.15) is 18.2 Å². The van der Waals surface area contributed by atoms with Gasteiger partial charge in [-0.15, -0.1) is 0 Å². The summed E-state index contributed by atoms with van der Waals surface area (Å²) in [6.45, 7) is 1.35. The van der Waals surface area contributed by atoms with Gasteiger partial charge < -0.3 is 20.2 Å². The van der Waals surface area contributed by atoms with Crippen LogP contribution in [-0.4, -0.2) is 41.4 Å². The standard InChI is InChI=1S/C11H19N5O2/c1-18-7-10-13-9(15-12)5-11(14-10)16-4-2-3-8(16)6-17/h5,8,17H,2-4,6-7,12H2,1H3,(H,13,14,15). The molecular weight excluding hydrogens is 234 g/mol. The van der Waals surface area contributed by atoms with Crippen LogP contribution in [0.15, 0.2) is 6.07 Å². The van der Waals surface area contributed by atoms with Gasteiger partial charge in [-0.2, -0.15) is 0 Å². The summed E-state index contributed by atoms with van der Waals surface area (Å²) in [4.78, 5) is 10.7. The Morgan fingerprint density at radius 2 is 2.44 bits per heavy atom. The molecule has 1 atom stereocenters. The summed E-state index contributed by atoms with van der Waals surface area (Å²) < 4.78 is 5.04. The number of aliphatic hydroxyl groups is 1. The molecule has 0 aliphatic carbocycles. The number of hydrogen-bond acceptors (Lipinski definition) is 7. The zero-order chi connectivity index (χ0) is 13.0. The first kappa shape index (κ1) is 13.0. The van der Waals surface area contributed by atoms with E-state index in [1.54, 1.807) is 13.2 Å². The molecule has 1 aliphatic rings. The number of hydrogen-bond donors (Lipinski definition) is 3. The minimum Gasteiger partial charge on any atom is -0.394 e. The van der Waals surface area contributed by atoms with Crippen molar-refractivity contribution >= 4 is 11.6 Å². The summed E-state index contributed by atoms with van der Waals surface area (Å²) >= 11 is 0. The van der Waals surface area contributed by atoms with Crippen LogP contribution < -0.4 is 16.2 Å². The summed E-state index contributed by atoms with van der Waals surface area (Å²) in [5.41, 5.74) is 2.53. The summed E-state index contributed by atoms with van der Waals surface area (Å²) in [6.07, 6.45) is 2.03. The molecule has 0 saturated carbocycles. The van der Waals surface area contributed by atoms with Crippen molar-refractivity contribution in [2.75, 3.05) is 30.6 Å². The van der Waals surface area contributed by atoms with Crippen LogP contribution in [-0.2, 0) is 11.3 Å². The van der Waals surface area contributed by atoms with Crippen molar-refractivity contribution in [2.24, 2.45) is 5.84 Å². The Hall–Kier alpha value is -1.44. The van der Waals surface area contributed by atoms with Crippen LogP contribution in [0.2, 0.25) is 0 Å². The molecular formula is C11H19N5O2. The molecule has 18 heavy (non-hydrogen) atoms. The molecule has 100 valence electrons. The van der Waals surface area contributed by atoms with Crippen molar-refractivity contribution in [3.05, 3.63) is 11.9 Å². The number of nitrogens with two attached hydrogens (primary N) is 1. The Kier molecular flexibility index (Phi) is 4.29. The van der Waals surface area contributed by atoms with Gasteiger partial charge >= 0.3 is 0 Å². The van der Waals surface area contributed by atoms with Crippen LogP contribution in [0.4, 0.5) is 11.6 Å². The fourth-order valence-corrected chi connectivity index (χ4v) is 2.22. The summed E-state index contributed by atoms with van der Waals surface area (Å²) in [5, 5.41) is 9.35. The maximum atomic E-state index is 9.35. The highest BCUT2D eigenvalue weighted by atomic mass is 16.5. The Morgan fingerprint density at radius 3 is 3.11 bits per heavy atom. The SMILES string of the molecule is COCc1nc(NN)cc(N2CCCC2CO)n1. The van der Waals surface area contributed by atoms with Gasteiger partial charge in [-0.05, 0) is 12.8 Å². The first-order chi connectivity index (χ1) is 8.78. The molecule has 7 heteroatoms. The van der Waals surface area contributed by atoms with Gasteiger partial charge in [0.2, 0.25) is 0 Å². The predicted molar refractivity (Wildman–Crippen MR) is 68.0 cm³/mol. The molecule has 4 N–H and O–H groups in total. The minimum absolute atomic E-state index is 0.126. The molecule has 1 fully saturated rings. The van der Waals surface area contributed by atoms with Gasteiger partial charge in [0.05, 0.1) is 12.6 Å². The average Bonchev–Trinajstić information content (AvgIpc) is 2.87. The van der Waals surface area contributed by atoms with Crippen molar-refractivity contribution in [3.8, 4) is 0 Å². The number of aromatic nitrogens is 2. The van der Waals surface area contributed by atoms with E-state index in [0.717, 1.165) is 25.2 Å². The number of methoxy groups -OCH3 is 1. The smallest absolute Gasteiger partial charge is 0.158 e. The Morgan fingerprint density at radius 1 is 1.61 bits per heavy atom. The van der Waals surface area contributed by atoms with E-state index < -0.39 is 0 Å². The van der Waals surface area contributed by atoms with Gasteiger partial charge in [-0.25, -0.2) is 15.8 Å². The second kappa shape index (κ2) is 5.94. The molecule has 1 unspecified atom stereocenters. The van der Waals surface area contributed by atoms with Gasteiger partial charge in [-0.1, -0.05) is 0 Å². The maximum Gasteiger partial charge on any atom is 0.158 e. The topological polar surface area (TPSA) is 96.5 Å². The molecule has 0 aromatic carbocycles. The van der Waals surface area contributed by atoms with Gasteiger partial charge in [0, 0.05) is 19.7 Å². The van der Waals surface area contributed by atoms with E-state index in [9.17, 15) is 5.11 Å². The van der Waals surface area contributed by atoms with Crippen molar-refractivity contribution in [1.82, 2.24) is 9.97 Å². The van der Waals surface area contributed by atoms with E-state index in [1.807, 2.05) is 0 Å². The lowest BCUT2D eigenvalue weighted by atomic mass is 10.2. The highest BCUT2D eigenvalue weighted by Crippen LogP contribution is 2.25. The number of rotatable bonds is 5. The third-order valence-corrected chi connectivity index (χ3v) is 3.06. The zero-order valence-electron chi connectivity index (χ0n) is 10.5. The van der Waals surface area contributed by atoms with E-state index in [2.05, 4.69) is 20.3 Å². The molecule has 0 spiro atoms. The maximum absolute atomic E-state index is 9.35. The molecule has 2 rings (SSSR count). The molecule has 1 aliphatic heterocycles. The normalized spacial score (nSPS) is 19.3. The fraction of sp³-hybridized carbons (Fsp3) is 0.636. The lowest BCUT2D eigenvalue weighted by Crippen LogP contribution is -2.33. The van der Waals surface area contributed by atoms with E-state index in [-0.39, 0.29) is 12.6 Å². The van der Waals surface area contributed by atoms with E-state index in [1.165, 1.54) is 0 Å². The monoisotopic (exact) mass is 253 g/mol. The molecule has 1 aromatic heterocycles. The van der Waals surface area contributed by atoms with Gasteiger partial charge in [-0.3, -0.25) is 0 Å². The average molecular weight is 253 g/mol. The largest absolute Gasteiger partial charge is 0.394 e. The molecule has 1 saturated heterocycles. The van der Waals surface area contributed by atoms with Crippen molar-refractivity contribution in [2.45, 2.75) is 25.5 Å². The van der Waals surface area contributed by atoms with Crippen molar-refractivity contribution < 1.29 is 9.84 Å². The van der Waals surface area contributed by atoms with Crippen LogP contribution >= 0.6 is 0 Å². The Labute approximate surface area is 106 Å². The Balaban J connectivity index is 2.27. The summed E-state index contributed by atoms with van der Waals surface area (Å²) in [7, 11) is 1.60. The van der Waals surface area contributed by atoms with Crippen LogP contribution in [0, 0.1) is 0 Å². The highest BCUT2D eigenvalue weighted by molar-refractivity contribution is 5.50. The van der Waals surface area contributed by atoms with Crippen LogP contribution in [0.1, 0.15) is 18.7 Å². The Bertz CT molecular complexity index is 401. The van der Waals surface area contributed by atoms with Crippen molar-refractivity contribution in [1.29, 1.82) is 0 Å². The first-order valence-corrected chi connectivity index (χ1v) is 5.99. The zero-order valence-corrected chi connectivity index (χ0v) is 10.5. The molecule has 1 aromatic rings. The lowest BCUT2D eigenvalue weighted by molar-refractivity contribution is 0.178. The van der Waals surface area contributed by atoms with E-state index in [4.69, 9.17) is 10.6 Å². The van der Waals surface area contributed by atoms with E-state index in [0.29, 0.717) is 18.2 Å². The number of ether oxygens (including phenoxy) is 1. The second-order valence-corrected chi connectivity index (χ2v) is 4.28. The third-order valence-electron chi connectivity index (χ3n) is 3.06. The molecule has 0 amide bonds. The van der Waals surface area contributed by atoms with Crippen molar-refractivity contribution in [3.63, 3.8) is 0 Å². The quantitative estimate of drug-likeness (QED) is 0.497. The van der Waals surface area contributed by atoms with Gasteiger partial charge in [0.25, 0.3) is 0 Å². The third kappa shape index (κ3) is 2.69. The van der Waals surface area contributed by atoms with Crippen LogP contribution in [0.5, 0.6) is 0 Å². The summed E-state index contributed by atoms with van der Waals surface area (Å²) in [5.74, 6) is 7.31. The van der Waals surface area contributed by atoms with E-state index >= 15 is 0 Å². The minimum atomic E-state index is 0.126. The molecule has 7 nitrogen and oxygen atoms in total. The lowest BCUT2D eigenvalue weighted by Gasteiger charge is -2.24. The predicted octanol–water partition coefficient (Wildman–Crippen LogP) is -0.130. The highest BCUT2D eigenvalue weighted by Gasteiger charge is 2.25. The van der Waals surface area contributed by atoms with Gasteiger partial charge in [0.15, 0.2) is 5.82 Å². The number of aliphatic hydroxyl groups excluding tert-OH is 1. The number of nitrogen functional groups attached to an aromatic ring is 1. The number of anilines is 2. The summed E-state index contributed by atoms with van der Waals surface area (Å²) in [6, 6.07) is 1.91. The number of hydrazine groups is 1. The van der Waals surface area contributed by atoms with Crippen LogP contribution in [0.3, 0.4) is 0 Å². The molecule has 0 radical (unpaired) electrons. The second-order valence-electron chi connectivity index (χ2n) is 4.28.